The molecule has 2 fully saturated rings. The standard InChI is InChI=1S/C14H16O5S/c1-8(15)19-11-6-12(9-2-3-9)14(20(16,17)18)13(7-11)10-4-5-10/h6-7,9-10H,2-5H2,1H3,(H,16,17,18)/p-1. The third-order valence-corrected chi connectivity index (χ3v) is 4.64. The second-order valence-electron chi connectivity index (χ2n) is 5.53. The molecule has 3 rings (SSSR count). The largest absolute Gasteiger partial charge is 0.744 e. The van der Waals surface area contributed by atoms with Gasteiger partial charge in [0, 0.05) is 6.92 Å². The highest BCUT2D eigenvalue weighted by Gasteiger charge is 2.35. The van der Waals surface area contributed by atoms with Crippen LogP contribution in [0.1, 0.15) is 55.6 Å². The van der Waals surface area contributed by atoms with Crippen molar-refractivity contribution in [3.63, 3.8) is 0 Å². The maximum absolute atomic E-state index is 11.6. The third-order valence-electron chi connectivity index (χ3n) is 3.67. The van der Waals surface area contributed by atoms with Crippen LogP contribution in [0.2, 0.25) is 0 Å². The van der Waals surface area contributed by atoms with Crippen molar-refractivity contribution in [2.45, 2.75) is 49.3 Å². The molecule has 0 aromatic heterocycles. The van der Waals surface area contributed by atoms with Crippen molar-refractivity contribution in [3.05, 3.63) is 23.3 Å². The van der Waals surface area contributed by atoms with Gasteiger partial charge < -0.3 is 9.29 Å². The lowest BCUT2D eigenvalue weighted by Crippen LogP contribution is -2.09. The summed E-state index contributed by atoms with van der Waals surface area (Å²) in [4.78, 5) is 11.0. The van der Waals surface area contributed by atoms with E-state index >= 15 is 0 Å². The molecule has 6 heteroatoms. The highest BCUT2D eigenvalue weighted by atomic mass is 32.2. The van der Waals surface area contributed by atoms with E-state index in [2.05, 4.69) is 0 Å². The fourth-order valence-electron chi connectivity index (χ4n) is 2.55. The number of hydrogen-bond donors (Lipinski definition) is 0. The predicted molar refractivity (Wildman–Crippen MR) is 69.7 cm³/mol. The molecule has 1 aromatic rings. The van der Waals surface area contributed by atoms with Gasteiger partial charge in [-0.1, -0.05) is 0 Å². The molecule has 2 aliphatic rings. The van der Waals surface area contributed by atoms with Crippen LogP contribution in [0.25, 0.3) is 0 Å². The average molecular weight is 295 g/mol. The molecule has 1 aromatic carbocycles. The van der Waals surface area contributed by atoms with Gasteiger partial charge >= 0.3 is 5.97 Å². The Morgan fingerprint density at radius 1 is 1.15 bits per heavy atom. The number of esters is 1. The lowest BCUT2D eigenvalue weighted by atomic mass is 10.0. The van der Waals surface area contributed by atoms with E-state index in [9.17, 15) is 17.8 Å². The lowest BCUT2D eigenvalue weighted by Gasteiger charge is -2.19. The zero-order chi connectivity index (χ0) is 14.5. The SMILES string of the molecule is CC(=O)Oc1cc(C2CC2)c(S(=O)(=O)[O-])c(C2CC2)c1. The van der Waals surface area contributed by atoms with E-state index in [0.29, 0.717) is 16.9 Å². The average Bonchev–Trinajstić information content (AvgIpc) is 3.18. The monoisotopic (exact) mass is 295 g/mol. The van der Waals surface area contributed by atoms with Gasteiger partial charge in [0.2, 0.25) is 0 Å². The molecule has 0 bridgehead atoms. The van der Waals surface area contributed by atoms with Gasteiger partial charge in [0.1, 0.15) is 15.9 Å². The van der Waals surface area contributed by atoms with E-state index in [1.807, 2.05) is 0 Å². The topological polar surface area (TPSA) is 83.5 Å². The number of rotatable bonds is 4. The van der Waals surface area contributed by atoms with Crippen LogP contribution < -0.4 is 4.74 Å². The van der Waals surface area contributed by atoms with Crippen molar-refractivity contribution in [3.8, 4) is 5.75 Å². The van der Waals surface area contributed by atoms with Crippen molar-refractivity contribution in [2.75, 3.05) is 0 Å². The first-order valence-corrected chi connectivity index (χ1v) is 8.09. The van der Waals surface area contributed by atoms with E-state index < -0.39 is 16.1 Å². The molecule has 0 aliphatic heterocycles. The Kier molecular flexibility index (Phi) is 3.10. The molecule has 0 N–H and O–H groups in total. The van der Waals surface area contributed by atoms with E-state index in [-0.39, 0.29) is 16.7 Å². The van der Waals surface area contributed by atoms with E-state index in [1.54, 1.807) is 0 Å². The number of ether oxygens (including phenoxy) is 1. The first-order chi connectivity index (χ1) is 9.36. The molecule has 108 valence electrons. The maximum atomic E-state index is 11.6. The minimum Gasteiger partial charge on any atom is -0.744 e. The van der Waals surface area contributed by atoms with Gasteiger partial charge in [0.25, 0.3) is 0 Å². The fraction of sp³-hybridized carbons (Fsp3) is 0.500. The highest BCUT2D eigenvalue weighted by molar-refractivity contribution is 7.85. The van der Waals surface area contributed by atoms with Gasteiger partial charge in [-0.3, -0.25) is 4.79 Å². The molecule has 0 amide bonds. The molecule has 0 atom stereocenters. The van der Waals surface area contributed by atoms with E-state index in [0.717, 1.165) is 25.7 Å². The molecular weight excluding hydrogens is 280 g/mol. The van der Waals surface area contributed by atoms with Gasteiger partial charge in [-0.25, -0.2) is 8.42 Å². The van der Waals surface area contributed by atoms with Crippen LogP contribution >= 0.6 is 0 Å². The molecule has 2 aliphatic carbocycles. The van der Waals surface area contributed by atoms with Crippen LogP contribution in [-0.2, 0) is 14.9 Å². The summed E-state index contributed by atoms with van der Waals surface area (Å²) in [6, 6.07) is 3.07. The maximum Gasteiger partial charge on any atom is 0.308 e. The quantitative estimate of drug-likeness (QED) is 0.483. The summed E-state index contributed by atoms with van der Waals surface area (Å²) in [5.41, 5.74) is 1.06. The minimum absolute atomic E-state index is 0.0709. The van der Waals surface area contributed by atoms with Gasteiger partial charge in [-0.05, 0) is 60.8 Å². The summed E-state index contributed by atoms with van der Waals surface area (Å²) in [6.07, 6.45) is 3.48. The zero-order valence-corrected chi connectivity index (χ0v) is 11.9. The van der Waals surface area contributed by atoms with Crippen molar-refractivity contribution in [2.24, 2.45) is 0 Å². The molecular formula is C14H15O5S-. The third kappa shape index (κ3) is 2.71. The van der Waals surface area contributed by atoms with Crippen LogP contribution in [0.3, 0.4) is 0 Å². The lowest BCUT2D eigenvalue weighted by molar-refractivity contribution is -0.131. The predicted octanol–water partition coefficient (Wildman–Crippen LogP) is 2.27. The van der Waals surface area contributed by atoms with Crippen LogP contribution in [0, 0.1) is 0 Å². The molecule has 0 heterocycles. The fourth-order valence-corrected chi connectivity index (χ4v) is 3.58. The van der Waals surface area contributed by atoms with Crippen LogP contribution in [0.15, 0.2) is 17.0 Å². The van der Waals surface area contributed by atoms with Crippen molar-refractivity contribution >= 4 is 16.1 Å². The van der Waals surface area contributed by atoms with Crippen molar-refractivity contribution < 1.29 is 22.5 Å². The minimum atomic E-state index is -4.51. The van der Waals surface area contributed by atoms with Gasteiger partial charge in [0.05, 0.1) is 4.90 Å². The first-order valence-electron chi connectivity index (χ1n) is 6.68. The van der Waals surface area contributed by atoms with Crippen LogP contribution in [-0.4, -0.2) is 18.9 Å². The Balaban J connectivity index is 2.18. The van der Waals surface area contributed by atoms with Gasteiger partial charge in [-0.2, -0.15) is 0 Å². The number of benzene rings is 1. The van der Waals surface area contributed by atoms with Crippen molar-refractivity contribution in [1.82, 2.24) is 0 Å². The number of carbonyl (C=O) groups excluding carboxylic acids is 1. The summed E-state index contributed by atoms with van der Waals surface area (Å²) in [6.45, 7) is 1.30. The first kappa shape index (κ1) is 13.6. The highest BCUT2D eigenvalue weighted by Crippen LogP contribution is 2.50. The van der Waals surface area contributed by atoms with Crippen molar-refractivity contribution in [1.29, 1.82) is 0 Å². The molecule has 0 unspecified atom stereocenters. The second-order valence-corrected chi connectivity index (χ2v) is 6.84. The van der Waals surface area contributed by atoms with E-state index in [4.69, 9.17) is 4.74 Å². The second kappa shape index (κ2) is 4.56. The van der Waals surface area contributed by atoms with Gasteiger partial charge in [-0.15, -0.1) is 0 Å². The van der Waals surface area contributed by atoms with E-state index in [1.165, 1.54) is 19.1 Å². The number of carbonyl (C=O) groups is 1. The summed E-state index contributed by atoms with van der Waals surface area (Å²) in [7, 11) is -4.51. The Hall–Kier alpha value is -1.40. The molecule has 0 spiro atoms. The van der Waals surface area contributed by atoms with Crippen LogP contribution in [0.5, 0.6) is 5.75 Å². The summed E-state index contributed by atoms with van der Waals surface area (Å²) in [5.74, 6) is 0.0865. The van der Waals surface area contributed by atoms with Crippen LogP contribution in [0.4, 0.5) is 0 Å². The molecule has 0 saturated heterocycles. The Labute approximate surface area is 117 Å². The summed E-state index contributed by atoms with van der Waals surface area (Å²) in [5, 5.41) is 0. The summed E-state index contributed by atoms with van der Waals surface area (Å²) >= 11 is 0. The smallest absolute Gasteiger partial charge is 0.308 e. The summed E-state index contributed by atoms with van der Waals surface area (Å²) < 4.78 is 39.9. The number of hydrogen-bond acceptors (Lipinski definition) is 5. The Morgan fingerprint density at radius 3 is 1.90 bits per heavy atom. The molecule has 2 saturated carbocycles. The Morgan fingerprint density at radius 2 is 1.60 bits per heavy atom. The Bertz CT molecular complexity index is 636. The molecule has 0 radical (unpaired) electrons. The van der Waals surface area contributed by atoms with Gasteiger partial charge in [0.15, 0.2) is 0 Å². The normalized spacial score (nSPS) is 18.9. The molecule has 20 heavy (non-hydrogen) atoms. The zero-order valence-electron chi connectivity index (χ0n) is 11.1. The molecule has 5 nitrogen and oxygen atoms in total.